The lowest BCUT2D eigenvalue weighted by atomic mass is 9.95. The van der Waals surface area contributed by atoms with Crippen LogP contribution in [0.3, 0.4) is 0 Å². The van der Waals surface area contributed by atoms with Gasteiger partial charge >= 0.3 is 0 Å². The van der Waals surface area contributed by atoms with Gasteiger partial charge in [-0.25, -0.2) is 4.98 Å². The number of aromatic nitrogens is 2. The van der Waals surface area contributed by atoms with E-state index in [2.05, 4.69) is 42.0 Å². The van der Waals surface area contributed by atoms with Crippen LogP contribution in [0.1, 0.15) is 54.8 Å². The lowest BCUT2D eigenvalue weighted by Gasteiger charge is -2.16. The lowest BCUT2D eigenvalue weighted by Crippen LogP contribution is -2.00. The van der Waals surface area contributed by atoms with Crippen LogP contribution in [0.15, 0.2) is 30.3 Å². The maximum atomic E-state index is 9.73. The van der Waals surface area contributed by atoms with Crippen LogP contribution < -0.4 is 4.74 Å². The van der Waals surface area contributed by atoms with Crippen LogP contribution in [0.25, 0.3) is 22.7 Å². The van der Waals surface area contributed by atoms with Crippen LogP contribution in [-0.2, 0) is 0 Å². The number of nitrogens with one attached hydrogen (secondary N) is 1. The quantitative estimate of drug-likeness (QED) is 0.589. The summed E-state index contributed by atoms with van der Waals surface area (Å²) in [4.78, 5) is 7.85. The van der Waals surface area contributed by atoms with E-state index in [0.29, 0.717) is 23.9 Å². The molecule has 1 heterocycles. The van der Waals surface area contributed by atoms with Crippen molar-refractivity contribution in [3.63, 3.8) is 0 Å². The zero-order valence-corrected chi connectivity index (χ0v) is 16.6. The molecule has 1 aromatic heterocycles. The van der Waals surface area contributed by atoms with Gasteiger partial charge in [0.2, 0.25) is 0 Å². The summed E-state index contributed by atoms with van der Waals surface area (Å²) in [6.45, 7) is 11.0. The Bertz CT molecular complexity index is 1050. The van der Waals surface area contributed by atoms with Crippen molar-refractivity contribution in [1.82, 2.24) is 9.97 Å². The molecule has 138 valence electrons. The summed E-state index contributed by atoms with van der Waals surface area (Å²) in [6.07, 6.45) is 1.90. The molecule has 0 aliphatic heterocycles. The predicted molar refractivity (Wildman–Crippen MR) is 111 cm³/mol. The maximum absolute atomic E-state index is 9.73. The van der Waals surface area contributed by atoms with Gasteiger partial charge in [-0.2, -0.15) is 5.26 Å². The molecule has 3 rings (SSSR count). The number of ether oxygens (including phenoxy) is 1. The van der Waals surface area contributed by atoms with E-state index in [4.69, 9.17) is 4.74 Å². The number of fused-ring (bicyclic) bond motifs is 1. The highest BCUT2D eigenvalue weighted by Gasteiger charge is 2.13. The first kappa shape index (κ1) is 18.7. The number of H-pyrrole nitrogens is 1. The molecule has 0 aliphatic carbocycles. The van der Waals surface area contributed by atoms with Gasteiger partial charge in [0.05, 0.1) is 23.2 Å². The Labute approximate surface area is 160 Å². The largest absolute Gasteiger partial charge is 0.494 e. The van der Waals surface area contributed by atoms with Gasteiger partial charge in [-0.3, -0.25) is 0 Å². The minimum atomic E-state index is 0.332. The van der Waals surface area contributed by atoms with Gasteiger partial charge in [0.15, 0.2) is 0 Å². The van der Waals surface area contributed by atoms with Crippen molar-refractivity contribution in [2.24, 2.45) is 0 Å². The molecule has 0 saturated carbocycles. The molecular weight excluding hydrogens is 334 g/mol. The Kier molecular flexibility index (Phi) is 5.32. The van der Waals surface area contributed by atoms with Crippen molar-refractivity contribution in [1.29, 1.82) is 5.26 Å². The molecule has 2 aromatic carbocycles. The second-order valence-electron chi connectivity index (χ2n) is 7.11. The van der Waals surface area contributed by atoms with E-state index in [1.165, 1.54) is 0 Å². The van der Waals surface area contributed by atoms with Crippen LogP contribution in [-0.4, -0.2) is 16.6 Å². The number of rotatable bonds is 5. The number of hydrogen-bond donors (Lipinski definition) is 1. The average molecular weight is 359 g/mol. The highest BCUT2D eigenvalue weighted by atomic mass is 16.5. The molecule has 0 bridgehead atoms. The Morgan fingerprint density at radius 2 is 2.04 bits per heavy atom. The molecule has 27 heavy (non-hydrogen) atoms. The van der Waals surface area contributed by atoms with E-state index in [-0.39, 0.29) is 0 Å². The Balaban J connectivity index is 2.09. The van der Waals surface area contributed by atoms with Crippen LogP contribution in [0.2, 0.25) is 0 Å². The minimum absolute atomic E-state index is 0.332. The maximum Gasteiger partial charge on any atom is 0.149 e. The molecule has 0 atom stereocenters. The summed E-state index contributed by atoms with van der Waals surface area (Å²) < 4.78 is 5.80. The molecule has 4 nitrogen and oxygen atoms in total. The molecular formula is C23H25N3O. The number of imidazole rings is 1. The third-order valence-corrected chi connectivity index (χ3v) is 4.63. The van der Waals surface area contributed by atoms with E-state index in [1.807, 2.05) is 45.0 Å². The summed E-state index contributed by atoms with van der Waals surface area (Å²) >= 11 is 0. The summed E-state index contributed by atoms with van der Waals surface area (Å²) in [5.74, 6) is 1.84. The van der Waals surface area contributed by atoms with Gasteiger partial charge in [-0.05, 0) is 79.3 Å². The van der Waals surface area contributed by atoms with Crippen molar-refractivity contribution in [3.05, 3.63) is 58.4 Å². The fourth-order valence-corrected chi connectivity index (χ4v) is 3.16. The zero-order valence-electron chi connectivity index (χ0n) is 16.6. The van der Waals surface area contributed by atoms with Gasteiger partial charge in [-0.15, -0.1) is 0 Å². The topological polar surface area (TPSA) is 61.7 Å². The number of nitrogens with zero attached hydrogens (tertiary/aromatic N) is 2. The standard InChI is InChI=1S/C23H25N3O/c1-6-27-22-10-16(5)17(12-19(22)14(2)3)11-18(13-24)23-25-20-8-7-15(4)9-21(20)26-23/h7-12,14H,6H2,1-5H3,(H,25,26). The Morgan fingerprint density at radius 1 is 1.26 bits per heavy atom. The van der Waals surface area contributed by atoms with Crippen molar-refractivity contribution in [3.8, 4) is 11.8 Å². The van der Waals surface area contributed by atoms with E-state index in [9.17, 15) is 5.26 Å². The Hall–Kier alpha value is -3.06. The van der Waals surface area contributed by atoms with E-state index >= 15 is 0 Å². The van der Waals surface area contributed by atoms with Crippen LogP contribution in [0.4, 0.5) is 0 Å². The second-order valence-corrected chi connectivity index (χ2v) is 7.11. The van der Waals surface area contributed by atoms with Gasteiger partial charge in [0, 0.05) is 0 Å². The molecule has 1 N–H and O–H groups in total. The third kappa shape index (κ3) is 3.88. The normalized spacial score (nSPS) is 11.8. The summed E-state index contributed by atoms with van der Waals surface area (Å²) in [5, 5.41) is 9.73. The number of benzene rings is 2. The number of hydrogen-bond acceptors (Lipinski definition) is 3. The summed E-state index contributed by atoms with van der Waals surface area (Å²) in [5.41, 5.74) is 6.71. The number of nitriles is 1. The number of aromatic amines is 1. The highest BCUT2D eigenvalue weighted by molar-refractivity contribution is 5.91. The molecule has 0 radical (unpaired) electrons. The fraction of sp³-hybridized carbons (Fsp3) is 0.304. The second kappa shape index (κ2) is 7.67. The number of aryl methyl sites for hydroxylation is 2. The predicted octanol–water partition coefficient (Wildman–Crippen LogP) is 5.77. The minimum Gasteiger partial charge on any atom is -0.494 e. The molecule has 0 amide bonds. The molecule has 0 aliphatic rings. The fourth-order valence-electron chi connectivity index (χ4n) is 3.16. The molecule has 0 unspecified atom stereocenters. The van der Waals surface area contributed by atoms with E-state index < -0.39 is 0 Å². The number of allylic oxidation sites excluding steroid dienone is 1. The molecule has 4 heteroatoms. The SMILES string of the molecule is CCOc1cc(C)c(C=C(C#N)c2nc3ccc(C)cc3[nH]2)cc1C(C)C. The first-order valence-electron chi connectivity index (χ1n) is 9.28. The average Bonchev–Trinajstić information content (AvgIpc) is 3.03. The van der Waals surface area contributed by atoms with Crippen molar-refractivity contribution in [2.75, 3.05) is 6.61 Å². The van der Waals surface area contributed by atoms with Crippen LogP contribution >= 0.6 is 0 Å². The zero-order chi connectivity index (χ0) is 19.6. The smallest absolute Gasteiger partial charge is 0.149 e. The summed E-state index contributed by atoms with van der Waals surface area (Å²) in [6, 6.07) is 12.5. The van der Waals surface area contributed by atoms with E-state index in [0.717, 1.165) is 39.0 Å². The van der Waals surface area contributed by atoms with Gasteiger partial charge in [0.25, 0.3) is 0 Å². The van der Waals surface area contributed by atoms with Crippen LogP contribution in [0.5, 0.6) is 5.75 Å². The van der Waals surface area contributed by atoms with Gasteiger partial charge in [0.1, 0.15) is 17.6 Å². The monoisotopic (exact) mass is 359 g/mol. The molecule has 0 fully saturated rings. The van der Waals surface area contributed by atoms with Crippen LogP contribution in [0, 0.1) is 25.2 Å². The highest BCUT2D eigenvalue weighted by Crippen LogP contribution is 2.31. The molecule has 0 spiro atoms. The third-order valence-electron chi connectivity index (χ3n) is 4.63. The molecule has 3 aromatic rings. The van der Waals surface area contributed by atoms with E-state index in [1.54, 1.807) is 0 Å². The lowest BCUT2D eigenvalue weighted by molar-refractivity contribution is 0.335. The summed E-state index contributed by atoms with van der Waals surface area (Å²) in [7, 11) is 0. The molecule has 0 saturated heterocycles. The Morgan fingerprint density at radius 3 is 2.70 bits per heavy atom. The van der Waals surface area contributed by atoms with Crippen molar-refractivity contribution < 1.29 is 4.74 Å². The first-order chi connectivity index (χ1) is 12.9. The first-order valence-corrected chi connectivity index (χ1v) is 9.28. The van der Waals surface area contributed by atoms with Crippen molar-refractivity contribution >= 4 is 22.7 Å². The van der Waals surface area contributed by atoms with Gasteiger partial charge < -0.3 is 9.72 Å². The van der Waals surface area contributed by atoms with Crippen molar-refractivity contribution in [2.45, 2.75) is 40.5 Å². The van der Waals surface area contributed by atoms with Gasteiger partial charge in [-0.1, -0.05) is 19.9 Å².